The van der Waals surface area contributed by atoms with Gasteiger partial charge in [-0.2, -0.15) is 0 Å². The molecule has 0 heterocycles. The Morgan fingerprint density at radius 1 is 1.12 bits per heavy atom. The van der Waals surface area contributed by atoms with Gasteiger partial charge in [0.05, 0.1) is 0 Å². The lowest BCUT2D eigenvalue weighted by Crippen LogP contribution is -2.39. The molecule has 0 saturated heterocycles. The Morgan fingerprint density at radius 3 is 2.12 bits per heavy atom. The van der Waals surface area contributed by atoms with E-state index in [-0.39, 0.29) is 0 Å². The lowest BCUT2D eigenvalue weighted by atomic mass is 9.73. The number of rotatable bonds is 5. The van der Waals surface area contributed by atoms with Crippen LogP contribution in [0.3, 0.4) is 0 Å². The van der Waals surface area contributed by atoms with E-state index >= 15 is 0 Å². The maximum absolute atomic E-state index is 3.54. The molecule has 2 nitrogen and oxygen atoms in total. The van der Waals surface area contributed by atoms with Gasteiger partial charge in [-0.25, -0.2) is 0 Å². The average Bonchev–Trinajstić information content (AvgIpc) is 2.16. The van der Waals surface area contributed by atoms with Crippen LogP contribution in [0.5, 0.6) is 0 Å². The maximum Gasteiger partial charge on any atom is 0.0105 e. The summed E-state index contributed by atoms with van der Waals surface area (Å²) in [6.45, 7) is 6.04. The van der Waals surface area contributed by atoms with E-state index in [9.17, 15) is 0 Å². The van der Waals surface area contributed by atoms with E-state index in [0.29, 0.717) is 6.04 Å². The summed E-state index contributed by atoms with van der Waals surface area (Å²) in [4.78, 5) is 2.29. The Bertz CT molecular complexity index is 181. The zero-order valence-electron chi connectivity index (χ0n) is 11.8. The molecule has 3 atom stereocenters. The molecule has 0 radical (unpaired) electrons. The van der Waals surface area contributed by atoms with E-state index in [0.717, 1.165) is 17.8 Å². The quantitative estimate of drug-likeness (QED) is 0.775. The monoisotopic (exact) mass is 226 g/mol. The van der Waals surface area contributed by atoms with Crippen LogP contribution in [-0.2, 0) is 0 Å². The summed E-state index contributed by atoms with van der Waals surface area (Å²) in [6.07, 6.45) is 5.56. The van der Waals surface area contributed by atoms with Crippen LogP contribution in [0, 0.1) is 17.8 Å². The van der Waals surface area contributed by atoms with Crippen LogP contribution in [0.2, 0.25) is 0 Å². The van der Waals surface area contributed by atoms with E-state index < -0.39 is 0 Å². The standard InChI is InChI=1S/C14H30N2/c1-11-8-12(2)10-13(9-11)14(15-3)6-7-16(4)5/h11-15H,6-10H2,1-5H3. The van der Waals surface area contributed by atoms with Crippen LogP contribution < -0.4 is 5.32 Å². The molecule has 3 unspecified atom stereocenters. The first-order valence-corrected chi connectivity index (χ1v) is 6.85. The smallest absolute Gasteiger partial charge is 0.0105 e. The third-order valence-corrected chi connectivity index (χ3v) is 4.04. The second-order valence-electron chi connectivity index (χ2n) is 6.16. The molecule has 0 aromatic heterocycles. The highest BCUT2D eigenvalue weighted by molar-refractivity contribution is 4.83. The highest BCUT2D eigenvalue weighted by Crippen LogP contribution is 2.35. The lowest BCUT2D eigenvalue weighted by molar-refractivity contribution is 0.169. The largest absolute Gasteiger partial charge is 0.317 e. The molecule has 1 aliphatic rings. The molecule has 0 amide bonds. The zero-order valence-corrected chi connectivity index (χ0v) is 11.8. The predicted octanol–water partition coefficient (Wildman–Crippen LogP) is 2.60. The van der Waals surface area contributed by atoms with Crippen molar-refractivity contribution in [2.45, 2.75) is 45.6 Å². The normalized spacial score (nSPS) is 33.0. The molecule has 1 N–H and O–H groups in total. The van der Waals surface area contributed by atoms with Crippen molar-refractivity contribution in [3.8, 4) is 0 Å². The number of hydrogen-bond acceptors (Lipinski definition) is 2. The molecule has 0 aromatic carbocycles. The lowest BCUT2D eigenvalue weighted by Gasteiger charge is -2.37. The summed E-state index contributed by atoms with van der Waals surface area (Å²) in [5, 5.41) is 3.54. The predicted molar refractivity (Wildman–Crippen MR) is 71.7 cm³/mol. The first kappa shape index (κ1) is 14.0. The van der Waals surface area contributed by atoms with Gasteiger partial charge in [0.15, 0.2) is 0 Å². The van der Waals surface area contributed by atoms with Crippen molar-refractivity contribution in [3.63, 3.8) is 0 Å². The second kappa shape index (κ2) is 6.61. The number of nitrogens with zero attached hydrogens (tertiary/aromatic N) is 1. The third kappa shape index (κ3) is 4.42. The van der Waals surface area contributed by atoms with Crippen LogP contribution in [0.1, 0.15) is 39.5 Å². The van der Waals surface area contributed by atoms with E-state index in [1.54, 1.807) is 0 Å². The fourth-order valence-electron chi connectivity index (χ4n) is 3.35. The minimum absolute atomic E-state index is 0.715. The first-order valence-electron chi connectivity index (χ1n) is 6.85. The highest BCUT2D eigenvalue weighted by atomic mass is 15.1. The SMILES string of the molecule is CNC(CCN(C)C)C1CC(C)CC(C)C1. The van der Waals surface area contributed by atoms with Gasteiger partial charge in [-0.3, -0.25) is 0 Å². The highest BCUT2D eigenvalue weighted by Gasteiger charge is 2.28. The van der Waals surface area contributed by atoms with Crippen molar-refractivity contribution in [2.24, 2.45) is 17.8 Å². The molecule has 0 aromatic rings. The van der Waals surface area contributed by atoms with Crippen molar-refractivity contribution in [1.29, 1.82) is 0 Å². The Labute approximate surface area is 102 Å². The summed E-state index contributed by atoms with van der Waals surface area (Å²) in [5.74, 6) is 2.73. The molecular weight excluding hydrogens is 196 g/mol. The van der Waals surface area contributed by atoms with Crippen molar-refractivity contribution >= 4 is 0 Å². The van der Waals surface area contributed by atoms with Crippen LogP contribution >= 0.6 is 0 Å². The molecule has 2 heteroatoms. The summed E-state index contributed by atoms with van der Waals surface area (Å²) in [5.41, 5.74) is 0. The summed E-state index contributed by atoms with van der Waals surface area (Å²) in [7, 11) is 6.46. The number of nitrogens with one attached hydrogen (secondary N) is 1. The Balaban J connectivity index is 2.44. The summed E-state index contributed by atoms with van der Waals surface area (Å²) in [6, 6.07) is 0.715. The van der Waals surface area contributed by atoms with Crippen molar-refractivity contribution in [2.75, 3.05) is 27.7 Å². The maximum atomic E-state index is 3.54. The molecule has 0 aliphatic heterocycles. The van der Waals surface area contributed by atoms with E-state index in [4.69, 9.17) is 0 Å². The Hall–Kier alpha value is -0.0800. The summed E-state index contributed by atoms with van der Waals surface area (Å²) >= 11 is 0. The van der Waals surface area contributed by atoms with Crippen LogP contribution in [-0.4, -0.2) is 38.6 Å². The van der Waals surface area contributed by atoms with E-state index in [1.807, 2.05) is 0 Å². The fourth-order valence-corrected chi connectivity index (χ4v) is 3.35. The van der Waals surface area contributed by atoms with Crippen molar-refractivity contribution < 1.29 is 0 Å². The van der Waals surface area contributed by atoms with Crippen LogP contribution in [0.15, 0.2) is 0 Å². The second-order valence-corrected chi connectivity index (χ2v) is 6.16. The van der Waals surface area contributed by atoms with E-state index in [2.05, 4.69) is 45.2 Å². The molecular formula is C14H30N2. The average molecular weight is 226 g/mol. The molecule has 0 spiro atoms. The van der Waals surface area contributed by atoms with Crippen LogP contribution in [0.4, 0.5) is 0 Å². The van der Waals surface area contributed by atoms with Crippen molar-refractivity contribution in [3.05, 3.63) is 0 Å². The van der Waals surface area contributed by atoms with Gasteiger partial charge in [0.25, 0.3) is 0 Å². The molecule has 1 saturated carbocycles. The fraction of sp³-hybridized carbons (Fsp3) is 1.00. The molecule has 16 heavy (non-hydrogen) atoms. The summed E-state index contributed by atoms with van der Waals surface area (Å²) < 4.78 is 0. The van der Waals surface area contributed by atoms with Gasteiger partial charge < -0.3 is 10.2 Å². The third-order valence-electron chi connectivity index (χ3n) is 4.04. The van der Waals surface area contributed by atoms with Gasteiger partial charge in [-0.15, -0.1) is 0 Å². The minimum Gasteiger partial charge on any atom is -0.317 e. The zero-order chi connectivity index (χ0) is 12.1. The van der Waals surface area contributed by atoms with Gasteiger partial charge in [0, 0.05) is 6.04 Å². The van der Waals surface area contributed by atoms with Gasteiger partial charge in [-0.05, 0) is 71.1 Å². The molecule has 1 fully saturated rings. The van der Waals surface area contributed by atoms with Gasteiger partial charge in [0.1, 0.15) is 0 Å². The minimum atomic E-state index is 0.715. The molecule has 1 aliphatic carbocycles. The Kier molecular flexibility index (Phi) is 5.77. The number of hydrogen-bond donors (Lipinski definition) is 1. The van der Waals surface area contributed by atoms with E-state index in [1.165, 1.54) is 32.2 Å². The topological polar surface area (TPSA) is 15.3 Å². The first-order chi connectivity index (χ1) is 7.52. The molecule has 0 bridgehead atoms. The Morgan fingerprint density at radius 2 is 1.69 bits per heavy atom. The van der Waals surface area contributed by atoms with Gasteiger partial charge in [-0.1, -0.05) is 13.8 Å². The molecule has 1 rings (SSSR count). The van der Waals surface area contributed by atoms with Crippen LogP contribution in [0.25, 0.3) is 0 Å². The van der Waals surface area contributed by atoms with Gasteiger partial charge in [0.2, 0.25) is 0 Å². The molecule has 96 valence electrons. The van der Waals surface area contributed by atoms with Gasteiger partial charge >= 0.3 is 0 Å². The van der Waals surface area contributed by atoms with Crippen molar-refractivity contribution in [1.82, 2.24) is 10.2 Å².